The Balaban J connectivity index is 1.50. The number of hydrogen-bond donors (Lipinski definition) is 1. The molecule has 1 heterocycles. The van der Waals surface area contributed by atoms with E-state index in [0.717, 1.165) is 29.7 Å². The van der Waals surface area contributed by atoms with Gasteiger partial charge < -0.3 is 0 Å². The Morgan fingerprint density at radius 1 is 0.933 bits per heavy atom. The average Bonchev–Trinajstić information content (AvgIpc) is 3.23. The lowest BCUT2D eigenvalue weighted by atomic mass is 9.99. The van der Waals surface area contributed by atoms with Crippen molar-refractivity contribution >= 4 is 22.4 Å². The topological polar surface area (TPSA) is 42.0 Å². The molecular formula is C26H24N2OS. The highest BCUT2D eigenvalue weighted by atomic mass is 32.1. The number of carbonyl (C=O) groups excluding carboxylic acids is 1. The van der Waals surface area contributed by atoms with Gasteiger partial charge >= 0.3 is 0 Å². The summed E-state index contributed by atoms with van der Waals surface area (Å²) >= 11 is 1.45. The molecule has 0 radical (unpaired) electrons. The molecule has 4 aromatic rings. The number of hydrogen-bond acceptors (Lipinski definition) is 3. The molecule has 0 atom stereocenters. The molecule has 0 saturated carbocycles. The lowest BCUT2D eigenvalue weighted by Gasteiger charge is -2.09. The average molecular weight is 413 g/mol. The number of aromatic nitrogens is 1. The first-order chi connectivity index (χ1) is 14.6. The Kier molecular flexibility index (Phi) is 6.05. The van der Waals surface area contributed by atoms with Crippen molar-refractivity contribution in [1.82, 2.24) is 4.98 Å². The Labute approximate surface area is 181 Å². The molecule has 150 valence electrons. The fraction of sp³-hybridized carbons (Fsp3) is 0.154. The number of benzene rings is 3. The van der Waals surface area contributed by atoms with Gasteiger partial charge in [-0.2, -0.15) is 0 Å². The SMILES string of the molecule is Cc1ccc(C)c(-c2csc(NC(=O)c3ccccc3CCc3ccccc3)n2)c1. The van der Waals surface area contributed by atoms with E-state index < -0.39 is 0 Å². The minimum atomic E-state index is -0.111. The van der Waals surface area contributed by atoms with E-state index in [1.54, 1.807) is 0 Å². The van der Waals surface area contributed by atoms with Crippen molar-refractivity contribution < 1.29 is 4.79 Å². The van der Waals surface area contributed by atoms with Crippen LogP contribution in [0.4, 0.5) is 5.13 Å². The van der Waals surface area contributed by atoms with E-state index in [2.05, 4.69) is 54.5 Å². The van der Waals surface area contributed by atoms with Crippen molar-refractivity contribution in [2.24, 2.45) is 0 Å². The molecule has 30 heavy (non-hydrogen) atoms. The summed E-state index contributed by atoms with van der Waals surface area (Å²) in [4.78, 5) is 17.6. The zero-order valence-electron chi connectivity index (χ0n) is 17.2. The molecular weight excluding hydrogens is 388 g/mol. The van der Waals surface area contributed by atoms with Gasteiger partial charge in [0.2, 0.25) is 0 Å². The van der Waals surface area contributed by atoms with Crippen LogP contribution in [-0.2, 0) is 12.8 Å². The monoisotopic (exact) mass is 412 g/mol. The fourth-order valence-corrected chi connectivity index (χ4v) is 4.22. The summed E-state index contributed by atoms with van der Waals surface area (Å²) in [5.74, 6) is -0.111. The van der Waals surface area contributed by atoms with Crippen LogP contribution in [0.1, 0.15) is 32.6 Å². The number of thiazole rings is 1. The maximum absolute atomic E-state index is 13.0. The van der Waals surface area contributed by atoms with Crippen LogP contribution in [0.5, 0.6) is 0 Å². The number of carbonyl (C=O) groups is 1. The Bertz CT molecular complexity index is 1160. The molecule has 0 bridgehead atoms. The standard InChI is InChI=1S/C26H24N2OS/c1-18-12-13-19(2)23(16-18)24-17-30-26(27-24)28-25(29)22-11-7-6-10-21(22)15-14-20-8-4-3-5-9-20/h3-13,16-17H,14-15H2,1-2H3,(H,27,28,29). The summed E-state index contributed by atoms with van der Waals surface area (Å²) in [5.41, 5.74) is 7.40. The molecule has 0 spiro atoms. The number of anilines is 1. The lowest BCUT2D eigenvalue weighted by Crippen LogP contribution is -2.14. The van der Waals surface area contributed by atoms with Gasteiger partial charge in [-0.05, 0) is 55.5 Å². The fourth-order valence-electron chi connectivity index (χ4n) is 3.51. The van der Waals surface area contributed by atoms with Crippen LogP contribution in [0.2, 0.25) is 0 Å². The largest absolute Gasteiger partial charge is 0.298 e. The second kappa shape index (κ2) is 9.06. The molecule has 4 heteroatoms. The summed E-state index contributed by atoms with van der Waals surface area (Å²) in [6.45, 7) is 4.15. The number of amides is 1. The minimum absolute atomic E-state index is 0.111. The molecule has 1 amide bonds. The molecule has 0 aliphatic heterocycles. The van der Waals surface area contributed by atoms with Crippen LogP contribution in [0.25, 0.3) is 11.3 Å². The van der Waals surface area contributed by atoms with Gasteiger partial charge in [0.25, 0.3) is 5.91 Å². The predicted octanol–water partition coefficient (Wildman–Crippen LogP) is 6.46. The Morgan fingerprint density at radius 2 is 1.70 bits per heavy atom. The van der Waals surface area contributed by atoms with E-state index in [1.807, 2.05) is 47.8 Å². The van der Waals surface area contributed by atoms with E-state index in [-0.39, 0.29) is 5.91 Å². The number of nitrogens with zero attached hydrogens (tertiary/aromatic N) is 1. The number of rotatable bonds is 6. The third-order valence-corrected chi connectivity index (χ3v) is 5.94. The van der Waals surface area contributed by atoms with E-state index in [1.165, 1.54) is 28.0 Å². The van der Waals surface area contributed by atoms with Gasteiger partial charge in [0.05, 0.1) is 5.69 Å². The number of nitrogens with one attached hydrogen (secondary N) is 1. The molecule has 3 nitrogen and oxygen atoms in total. The van der Waals surface area contributed by atoms with Crippen LogP contribution in [0.3, 0.4) is 0 Å². The summed E-state index contributed by atoms with van der Waals surface area (Å²) in [5, 5.41) is 5.61. The van der Waals surface area contributed by atoms with Crippen LogP contribution in [0.15, 0.2) is 78.2 Å². The summed E-state index contributed by atoms with van der Waals surface area (Å²) in [6, 6.07) is 24.5. The quantitative estimate of drug-likeness (QED) is 0.395. The highest BCUT2D eigenvalue weighted by Gasteiger charge is 2.14. The van der Waals surface area contributed by atoms with Crippen LogP contribution in [0, 0.1) is 13.8 Å². The van der Waals surface area contributed by atoms with Gasteiger partial charge in [-0.3, -0.25) is 10.1 Å². The van der Waals surface area contributed by atoms with Crippen LogP contribution in [-0.4, -0.2) is 10.9 Å². The van der Waals surface area contributed by atoms with Crippen molar-refractivity contribution in [2.75, 3.05) is 5.32 Å². The second-order valence-corrected chi connectivity index (χ2v) is 8.31. The molecule has 0 aliphatic rings. The Morgan fingerprint density at radius 3 is 2.53 bits per heavy atom. The smallest absolute Gasteiger partial charge is 0.257 e. The first kappa shape index (κ1) is 20.0. The normalized spacial score (nSPS) is 10.7. The molecule has 0 fully saturated rings. The minimum Gasteiger partial charge on any atom is -0.298 e. The molecule has 4 rings (SSSR count). The lowest BCUT2D eigenvalue weighted by molar-refractivity contribution is 0.102. The van der Waals surface area contributed by atoms with Crippen LogP contribution < -0.4 is 5.32 Å². The van der Waals surface area contributed by atoms with Crippen molar-refractivity contribution in [3.63, 3.8) is 0 Å². The maximum Gasteiger partial charge on any atom is 0.257 e. The van der Waals surface area contributed by atoms with Crippen molar-refractivity contribution in [3.8, 4) is 11.3 Å². The molecule has 0 saturated heterocycles. The van der Waals surface area contributed by atoms with Crippen molar-refractivity contribution in [3.05, 3.63) is 106 Å². The van der Waals surface area contributed by atoms with Gasteiger partial charge in [-0.1, -0.05) is 66.2 Å². The van der Waals surface area contributed by atoms with E-state index >= 15 is 0 Å². The van der Waals surface area contributed by atoms with Gasteiger partial charge in [0.1, 0.15) is 0 Å². The predicted molar refractivity (Wildman–Crippen MR) is 125 cm³/mol. The molecule has 3 aromatic carbocycles. The van der Waals surface area contributed by atoms with Crippen LogP contribution >= 0.6 is 11.3 Å². The van der Waals surface area contributed by atoms with E-state index in [9.17, 15) is 4.79 Å². The Hall–Kier alpha value is -3.24. The highest BCUT2D eigenvalue weighted by molar-refractivity contribution is 7.14. The van der Waals surface area contributed by atoms with E-state index in [0.29, 0.717) is 10.7 Å². The third kappa shape index (κ3) is 4.66. The molecule has 1 aromatic heterocycles. The summed E-state index contributed by atoms with van der Waals surface area (Å²) in [6.07, 6.45) is 1.72. The molecule has 0 unspecified atom stereocenters. The van der Waals surface area contributed by atoms with Gasteiger partial charge in [0, 0.05) is 16.5 Å². The third-order valence-electron chi connectivity index (χ3n) is 5.18. The van der Waals surface area contributed by atoms with Crippen molar-refractivity contribution in [2.45, 2.75) is 26.7 Å². The second-order valence-electron chi connectivity index (χ2n) is 7.45. The first-order valence-corrected chi connectivity index (χ1v) is 10.9. The van der Waals surface area contributed by atoms with Gasteiger partial charge in [0.15, 0.2) is 5.13 Å². The summed E-state index contributed by atoms with van der Waals surface area (Å²) < 4.78 is 0. The van der Waals surface area contributed by atoms with Crippen molar-refractivity contribution in [1.29, 1.82) is 0 Å². The highest BCUT2D eigenvalue weighted by Crippen LogP contribution is 2.28. The summed E-state index contributed by atoms with van der Waals surface area (Å²) in [7, 11) is 0. The molecule has 1 N–H and O–H groups in total. The van der Waals surface area contributed by atoms with Gasteiger partial charge in [-0.15, -0.1) is 11.3 Å². The molecule has 0 aliphatic carbocycles. The first-order valence-electron chi connectivity index (χ1n) is 10.1. The zero-order valence-corrected chi connectivity index (χ0v) is 18.0. The zero-order chi connectivity index (χ0) is 20.9. The number of aryl methyl sites for hydroxylation is 4. The van der Waals surface area contributed by atoms with E-state index in [4.69, 9.17) is 0 Å². The maximum atomic E-state index is 13.0. The van der Waals surface area contributed by atoms with Gasteiger partial charge in [-0.25, -0.2) is 4.98 Å².